The first-order valence-corrected chi connectivity index (χ1v) is 10.3. The highest BCUT2D eigenvalue weighted by atomic mass is 16.2. The van der Waals surface area contributed by atoms with E-state index in [1.165, 1.54) is 19.0 Å². The summed E-state index contributed by atoms with van der Waals surface area (Å²) in [5.74, 6) is 1.37. The topological polar surface area (TPSA) is 83.9 Å². The molecule has 0 aliphatic heterocycles. The molecule has 152 valence electrons. The quantitative estimate of drug-likeness (QED) is 0.722. The summed E-state index contributed by atoms with van der Waals surface area (Å²) >= 11 is 0. The number of rotatable bonds is 5. The molecule has 1 aliphatic rings. The highest BCUT2D eigenvalue weighted by Gasteiger charge is 2.24. The molecule has 2 heterocycles. The molecule has 1 fully saturated rings. The second-order valence-electron chi connectivity index (χ2n) is 8.06. The fourth-order valence-electron chi connectivity index (χ4n) is 4.08. The lowest BCUT2D eigenvalue weighted by Gasteiger charge is -2.33. The van der Waals surface area contributed by atoms with Crippen LogP contribution in [0, 0.1) is 5.92 Å². The number of hydrogen-bond donors (Lipinski definition) is 1. The van der Waals surface area contributed by atoms with Gasteiger partial charge in [0, 0.05) is 25.9 Å². The average Bonchev–Trinajstić information content (AvgIpc) is 3.17. The first kappa shape index (κ1) is 19.4. The van der Waals surface area contributed by atoms with Gasteiger partial charge in [0.15, 0.2) is 5.65 Å². The highest BCUT2D eigenvalue weighted by Crippen LogP contribution is 2.26. The third-order valence-corrected chi connectivity index (χ3v) is 5.99. The molecule has 0 saturated heterocycles. The van der Waals surface area contributed by atoms with Crippen LogP contribution in [0.3, 0.4) is 0 Å². The van der Waals surface area contributed by atoms with Crippen molar-refractivity contribution in [1.82, 2.24) is 24.6 Å². The molecule has 1 N–H and O–H groups in total. The average molecular weight is 393 g/mol. The van der Waals surface area contributed by atoms with Crippen LogP contribution in [0.1, 0.15) is 44.9 Å². The lowest BCUT2D eigenvalue weighted by atomic mass is 9.86. The zero-order chi connectivity index (χ0) is 20.4. The number of aromatic amines is 1. The van der Waals surface area contributed by atoms with E-state index in [1.807, 2.05) is 42.3 Å². The van der Waals surface area contributed by atoms with Gasteiger partial charge in [0.1, 0.15) is 11.2 Å². The second-order valence-corrected chi connectivity index (χ2v) is 8.06. The van der Waals surface area contributed by atoms with Gasteiger partial charge in [0.25, 0.3) is 5.56 Å². The van der Waals surface area contributed by atoms with E-state index in [1.54, 1.807) is 4.68 Å². The Hall–Kier alpha value is -2.96. The smallest absolute Gasteiger partial charge is 0.262 e. The Bertz CT molecular complexity index is 1050. The summed E-state index contributed by atoms with van der Waals surface area (Å²) in [5.41, 5.74) is 1.13. The van der Waals surface area contributed by atoms with Gasteiger partial charge in [-0.1, -0.05) is 25.1 Å². The molecule has 0 spiro atoms. The normalized spacial score (nSPS) is 19.4. The van der Waals surface area contributed by atoms with Gasteiger partial charge in [0.05, 0.1) is 11.9 Å². The minimum atomic E-state index is -0.228. The molecule has 0 radical (unpaired) electrons. The van der Waals surface area contributed by atoms with Crippen molar-refractivity contribution in [1.29, 1.82) is 0 Å². The van der Waals surface area contributed by atoms with Gasteiger partial charge in [-0.25, -0.2) is 9.67 Å². The maximum absolute atomic E-state index is 12.7. The molecule has 2 aromatic heterocycles. The van der Waals surface area contributed by atoms with Crippen molar-refractivity contribution in [2.75, 3.05) is 7.05 Å². The molecule has 1 saturated carbocycles. The molecule has 0 unspecified atom stereocenters. The van der Waals surface area contributed by atoms with E-state index in [0.29, 0.717) is 35.7 Å². The van der Waals surface area contributed by atoms with Crippen LogP contribution in [0.4, 0.5) is 0 Å². The van der Waals surface area contributed by atoms with Crippen molar-refractivity contribution in [2.24, 2.45) is 5.92 Å². The molecule has 0 atom stereocenters. The maximum Gasteiger partial charge on any atom is 0.262 e. The molecular weight excluding hydrogens is 366 g/mol. The zero-order valence-corrected chi connectivity index (χ0v) is 17.0. The Morgan fingerprint density at radius 1 is 1.21 bits per heavy atom. The minimum absolute atomic E-state index is 0.101. The molecule has 1 amide bonds. The number of H-pyrrole nitrogens is 1. The van der Waals surface area contributed by atoms with E-state index in [4.69, 9.17) is 0 Å². The highest BCUT2D eigenvalue weighted by molar-refractivity contribution is 5.77. The lowest BCUT2D eigenvalue weighted by Crippen LogP contribution is -2.39. The number of benzene rings is 1. The number of nitrogens with one attached hydrogen (secondary N) is 1. The van der Waals surface area contributed by atoms with Gasteiger partial charge in [-0.15, -0.1) is 0 Å². The van der Waals surface area contributed by atoms with Crippen molar-refractivity contribution in [3.8, 4) is 5.69 Å². The van der Waals surface area contributed by atoms with Crippen molar-refractivity contribution in [2.45, 2.75) is 51.5 Å². The van der Waals surface area contributed by atoms with Crippen molar-refractivity contribution in [3.63, 3.8) is 0 Å². The maximum atomic E-state index is 12.7. The van der Waals surface area contributed by atoms with Gasteiger partial charge in [-0.2, -0.15) is 5.10 Å². The summed E-state index contributed by atoms with van der Waals surface area (Å²) in [7, 11) is 1.90. The monoisotopic (exact) mass is 393 g/mol. The first-order chi connectivity index (χ1) is 14.0. The molecule has 3 aromatic rings. The number of fused-ring (bicyclic) bond motifs is 1. The van der Waals surface area contributed by atoms with Crippen LogP contribution in [-0.4, -0.2) is 43.6 Å². The van der Waals surface area contributed by atoms with Crippen LogP contribution in [0.5, 0.6) is 0 Å². The summed E-state index contributed by atoms with van der Waals surface area (Å²) in [6.45, 7) is 2.27. The number of carbonyl (C=O) groups excluding carboxylic acids is 1. The molecule has 7 heteroatoms. The van der Waals surface area contributed by atoms with E-state index in [0.717, 1.165) is 24.4 Å². The lowest BCUT2D eigenvalue weighted by molar-refractivity contribution is -0.132. The van der Waals surface area contributed by atoms with Crippen molar-refractivity contribution in [3.05, 3.63) is 52.7 Å². The van der Waals surface area contributed by atoms with E-state index in [9.17, 15) is 9.59 Å². The summed E-state index contributed by atoms with van der Waals surface area (Å²) in [4.78, 5) is 34.4. The number of carbonyl (C=O) groups is 1. The van der Waals surface area contributed by atoms with Crippen LogP contribution in [0.15, 0.2) is 41.3 Å². The third kappa shape index (κ3) is 4.09. The van der Waals surface area contributed by atoms with Gasteiger partial charge >= 0.3 is 0 Å². The predicted octanol–water partition coefficient (Wildman–Crippen LogP) is 3.08. The van der Waals surface area contributed by atoms with Crippen LogP contribution in [0.25, 0.3) is 16.7 Å². The number of aryl methyl sites for hydroxylation is 1. The largest absolute Gasteiger partial charge is 0.343 e. The van der Waals surface area contributed by atoms with E-state index in [-0.39, 0.29) is 11.5 Å². The van der Waals surface area contributed by atoms with Crippen LogP contribution < -0.4 is 5.56 Å². The fraction of sp³-hybridized carbons (Fsp3) is 0.455. The Balaban J connectivity index is 1.50. The number of amides is 1. The Kier molecular flexibility index (Phi) is 5.47. The predicted molar refractivity (Wildman–Crippen MR) is 112 cm³/mol. The molecule has 7 nitrogen and oxygen atoms in total. The number of aromatic nitrogens is 4. The Morgan fingerprint density at radius 3 is 2.66 bits per heavy atom. The van der Waals surface area contributed by atoms with Crippen molar-refractivity contribution < 1.29 is 4.79 Å². The summed E-state index contributed by atoms with van der Waals surface area (Å²) in [6, 6.07) is 9.91. The molecule has 1 aromatic carbocycles. The summed E-state index contributed by atoms with van der Waals surface area (Å²) < 4.78 is 1.66. The van der Waals surface area contributed by atoms with Gasteiger partial charge in [-0.3, -0.25) is 9.59 Å². The molecule has 4 rings (SSSR count). The SMILES string of the molecule is CC1CCC(N(C)C(=O)CCc2nc3c(cnn3-c3ccccc3)c(=O)[nH]2)CC1. The Morgan fingerprint density at radius 2 is 1.93 bits per heavy atom. The third-order valence-electron chi connectivity index (χ3n) is 5.99. The minimum Gasteiger partial charge on any atom is -0.343 e. The molecule has 29 heavy (non-hydrogen) atoms. The van der Waals surface area contributed by atoms with Crippen molar-refractivity contribution >= 4 is 16.9 Å². The van der Waals surface area contributed by atoms with Crippen LogP contribution in [0.2, 0.25) is 0 Å². The van der Waals surface area contributed by atoms with Crippen LogP contribution in [-0.2, 0) is 11.2 Å². The van der Waals surface area contributed by atoms with Gasteiger partial charge in [0.2, 0.25) is 5.91 Å². The fourth-order valence-corrected chi connectivity index (χ4v) is 4.08. The van der Waals surface area contributed by atoms with Gasteiger partial charge < -0.3 is 9.88 Å². The van der Waals surface area contributed by atoms with E-state index in [2.05, 4.69) is 22.0 Å². The van der Waals surface area contributed by atoms with Gasteiger partial charge in [-0.05, 0) is 43.7 Å². The summed E-state index contributed by atoms with van der Waals surface area (Å²) in [6.07, 6.45) is 6.75. The van der Waals surface area contributed by atoms with E-state index < -0.39 is 0 Å². The van der Waals surface area contributed by atoms with E-state index >= 15 is 0 Å². The number of nitrogens with zero attached hydrogens (tertiary/aromatic N) is 4. The Labute approximate surface area is 169 Å². The second kappa shape index (κ2) is 8.19. The number of para-hydroxylation sites is 1. The molecule has 1 aliphatic carbocycles. The van der Waals surface area contributed by atoms with Crippen LogP contribution >= 0.6 is 0 Å². The summed E-state index contributed by atoms with van der Waals surface area (Å²) in [5, 5.41) is 4.76. The number of hydrogen-bond acceptors (Lipinski definition) is 4. The first-order valence-electron chi connectivity index (χ1n) is 10.3. The zero-order valence-electron chi connectivity index (χ0n) is 17.0. The molecular formula is C22H27N5O2. The molecule has 0 bridgehead atoms. The standard InChI is InChI=1S/C22H27N5O2/c1-15-8-10-16(11-9-15)26(2)20(28)13-12-19-24-21-18(22(29)25-19)14-23-27(21)17-6-4-3-5-7-17/h3-7,14-16H,8-13H2,1-2H3,(H,24,25,29).